The molecule has 0 fully saturated rings. The van der Waals surface area contributed by atoms with Gasteiger partial charge in [0.2, 0.25) is 0 Å². The Morgan fingerprint density at radius 1 is 1.18 bits per heavy atom. The first-order chi connectivity index (χ1) is 8.14. The number of hydrogen-bond acceptors (Lipinski definition) is 5. The summed E-state index contributed by atoms with van der Waals surface area (Å²) in [5, 5.41) is 4.09. The van der Waals surface area contributed by atoms with Crippen LogP contribution in [0.3, 0.4) is 0 Å². The molecule has 0 atom stereocenters. The molecule has 102 valence electrons. The summed E-state index contributed by atoms with van der Waals surface area (Å²) in [4.78, 5) is 0. The summed E-state index contributed by atoms with van der Waals surface area (Å²) in [6.07, 6.45) is 1.69. The zero-order valence-corrected chi connectivity index (χ0v) is 12.5. The molecule has 0 radical (unpaired) electrons. The molecule has 0 saturated heterocycles. The second-order valence-electron chi connectivity index (χ2n) is 3.71. The Kier molecular flexibility index (Phi) is 9.34. The Morgan fingerprint density at radius 2 is 1.76 bits per heavy atom. The van der Waals surface area contributed by atoms with Crippen molar-refractivity contribution in [3.8, 4) is 0 Å². The predicted molar refractivity (Wildman–Crippen MR) is 72.0 cm³/mol. The maximum Gasteiger partial charge on any atom is 0.587 e. The monoisotopic (exact) mass is 262 g/mol. The lowest BCUT2D eigenvalue weighted by molar-refractivity contribution is 0.0690. The molecule has 0 unspecified atom stereocenters. The molecule has 0 saturated carbocycles. The molecule has 6 heteroatoms. The molecule has 0 aromatic heterocycles. The topological polar surface area (TPSA) is 66.1 Å². The highest BCUT2D eigenvalue weighted by molar-refractivity contribution is 6.60. The highest BCUT2D eigenvalue weighted by Crippen LogP contribution is 2.18. The average molecular weight is 262 g/mol. The normalized spacial score (nSPS) is 12.9. The van der Waals surface area contributed by atoms with Crippen molar-refractivity contribution in [2.45, 2.75) is 46.6 Å². The standard InChI is InChI=1S/C11H26N2O3Si/c1-5-11(4)13-16-17(14-6-2,15-7-3)10-8-9-12/h5-10,12H2,1-4H3. The van der Waals surface area contributed by atoms with E-state index in [1.165, 1.54) is 0 Å². The zero-order valence-electron chi connectivity index (χ0n) is 11.5. The fraction of sp³-hybridized carbons (Fsp3) is 0.909. The van der Waals surface area contributed by atoms with Gasteiger partial charge in [-0.05, 0) is 40.2 Å². The van der Waals surface area contributed by atoms with E-state index in [9.17, 15) is 0 Å². The summed E-state index contributed by atoms with van der Waals surface area (Å²) in [5.41, 5.74) is 6.47. The van der Waals surface area contributed by atoms with Crippen LogP contribution in [0.2, 0.25) is 6.04 Å². The van der Waals surface area contributed by atoms with Crippen molar-refractivity contribution in [2.24, 2.45) is 10.9 Å². The van der Waals surface area contributed by atoms with Gasteiger partial charge in [-0.3, -0.25) is 0 Å². The van der Waals surface area contributed by atoms with Gasteiger partial charge in [-0.25, -0.2) is 0 Å². The third-order valence-electron chi connectivity index (χ3n) is 2.27. The van der Waals surface area contributed by atoms with Gasteiger partial charge in [0.15, 0.2) is 0 Å². The molecule has 0 aliphatic heterocycles. The minimum absolute atomic E-state index is 0.567. The van der Waals surface area contributed by atoms with Crippen molar-refractivity contribution in [1.82, 2.24) is 0 Å². The Morgan fingerprint density at radius 3 is 2.18 bits per heavy atom. The van der Waals surface area contributed by atoms with Crippen LogP contribution in [0.4, 0.5) is 0 Å². The Hall–Kier alpha value is -0.433. The highest BCUT2D eigenvalue weighted by Gasteiger charge is 2.43. The molecule has 0 aromatic rings. The quantitative estimate of drug-likeness (QED) is 0.372. The van der Waals surface area contributed by atoms with Gasteiger partial charge in [0.25, 0.3) is 0 Å². The van der Waals surface area contributed by atoms with Crippen LogP contribution >= 0.6 is 0 Å². The number of nitrogens with two attached hydrogens (primary N) is 1. The van der Waals surface area contributed by atoms with Crippen LogP contribution in [-0.4, -0.2) is 34.3 Å². The zero-order chi connectivity index (χ0) is 13.1. The van der Waals surface area contributed by atoms with Gasteiger partial charge >= 0.3 is 8.80 Å². The summed E-state index contributed by atoms with van der Waals surface area (Å²) < 4.78 is 17.0. The smallest absolute Gasteiger partial charge is 0.394 e. The van der Waals surface area contributed by atoms with E-state index in [4.69, 9.17) is 19.1 Å². The molecule has 0 aromatic carbocycles. The molecule has 0 rings (SSSR count). The molecule has 0 heterocycles. The summed E-state index contributed by atoms with van der Waals surface area (Å²) in [7, 11) is -2.66. The third kappa shape index (κ3) is 6.77. The van der Waals surface area contributed by atoms with Gasteiger partial charge in [0.1, 0.15) is 0 Å². The number of oxime groups is 1. The van der Waals surface area contributed by atoms with Gasteiger partial charge < -0.3 is 19.1 Å². The first-order valence-electron chi connectivity index (χ1n) is 6.33. The van der Waals surface area contributed by atoms with Crippen LogP contribution in [0, 0.1) is 0 Å². The van der Waals surface area contributed by atoms with Crippen LogP contribution in [-0.2, 0) is 13.4 Å². The van der Waals surface area contributed by atoms with Crippen molar-refractivity contribution < 1.29 is 13.4 Å². The molecule has 0 bridgehead atoms. The molecular formula is C11H26N2O3Si. The van der Waals surface area contributed by atoms with E-state index in [0.29, 0.717) is 25.8 Å². The molecule has 0 amide bonds. The lowest BCUT2D eigenvalue weighted by atomic mass is 10.3. The van der Waals surface area contributed by atoms with Gasteiger partial charge in [-0.1, -0.05) is 6.92 Å². The van der Waals surface area contributed by atoms with Gasteiger partial charge in [-0.2, -0.15) is 0 Å². The van der Waals surface area contributed by atoms with E-state index < -0.39 is 8.80 Å². The fourth-order valence-electron chi connectivity index (χ4n) is 1.25. The second kappa shape index (κ2) is 9.58. The van der Waals surface area contributed by atoms with E-state index in [1.807, 2.05) is 27.7 Å². The molecule has 2 N–H and O–H groups in total. The second-order valence-corrected chi connectivity index (χ2v) is 6.34. The number of nitrogens with zero attached hydrogens (tertiary/aromatic N) is 1. The molecule has 5 nitrogen and oxygen atoms in total. The van der Waals surface area contributed by atoms with Crippen LogP contribution < -0.4 is 5.73 Å². The van der Waals surface area contributed by atoms with Crippen molar-refractivity contribution in [3.05, 3.63) is 0 Å². The molecule has 0 aliphatic carbocycles. The SMILES string of the molecule is CCO[Si](CCCN)(OCC)ON=C(C)CC. The number of hydrogen-bond donors (Lipinski definition) is 1. The van der Waals surface area contributed by atoms with Crippen molar-refractivity contribution in [1.29, 1.82) is 0 Å². The van der Waals surface area contributed by atoms with E-state index in [0.717, 1.165) is 18.6 Å². The maximum atomic E-state index is 5.70. The molecular weight excluding hydrogens is 236 g/mol. The van der Waals surface area contributed by atoms with E-state index in [-0.39, 0.29) is 0 Å². The van der Waals surface area contributed by atoms with Crippen LogP contribution in [0.5, 0.6) is 0 Å². The van der Waals surface area contributed by atoms with Crippen molar-refractivity contribution in [2.75, 3.05) is 19.8 Å². The van der Waals surface area contributed by atoms with E-state index >= 15 is 0 Å². The third-order valence-corrected chi connectivity index (χ3v) is 5.06. The average Bonchev–Trinajstić information content (AvgIpc) is 2.34. The Labute approximate surface area is 106 Å². The Bertz CT molecular complexity index is 219. The van der Waals surface area contributed by atoms with Crippen LogP contribution in [0.15, 0.2) is 5.16 Å². The van der Waals surface area contributed by atoms with E-state index in [1.54, 1.807) is 0 Å². The summed E-state index contributed by atoms with van der Waals surface area (Å²) in [5.74, 6) is 0. The largest absolute Gasteiger partial charge is 0.587 e. The summed E-state index contributed by atoms with van der Waals surface area (Å²) in [6.45, 7) is 9.57. The first-order valence-corrected chi connectivity index (χ1v) is 8.26. The minimum Gasteiger partial charge on any atom is -0.394 e. The number of rotatable bonds is 10. The van der Waals surface area contributed by atoms with Crippen molar-refractivity contribution in [3.63, 3.8) is 0 Å². The van der Waals surface area contributed by atoms with Gasteiger partial charge in [0, 0.05) is 19.3 Å². The van der Waals surface area contributed by atoms with Crippen LogP contribution in [0.25, 0.3) is 0 Å². The van der Waals surface area contributed by atoms with E-state index in [2.05, 4.69) is 5.16 Å². The summed E-state index contributed by atoms with van der Waals surface area (Å²) >= 11 is 0. The lowest BCUT2D eigenvalue weighted by Gasteiger charge is -2.26. The lowest BCUT2D eigenvalue weighted by Crippen LogP contribution is -2.45. The first kappa shape index (κ1) is 16.6. The van der Waals surface area contributed by atoms with Gasteiger partial charge in [0.05, 0.1) is 5.71 Å². The minimum atomic E-state index is -2.66. The Balaban J connectivity index is 4.62. The summed E-state index contributed by atoms with van der Waals surface area (Å²) in [6, 6.07) is 0.714. The van der Waals surface area contributed by atoms with Crippen LogP contribution in [0.1, 0.15) is 40.5 Å². The van der Waals surface area contributed by atoms with Crippen molar-refractivity contribution >= 4 is 14.5 Å². The maximum absolute atomic E-state index is 5.70. The molecule has 0 spiro atoms. The fourth-order valence-corrected chi connectivity index (χ4v) is 3.64. The van der Waals surface area contributed by atoms with Gasteiger partial charge in [-0.15, -0.1) is 5.16 Å². The highest BCUT2D eigenvalue weighted by atomic mass is 28.4. The molecule has 17 heavy (non-hydrogen) atoms. The molecule has 0 aliphatic rings. The predicted octanol–water partition coefficient (Wildman–Crippen LogP) is 2.15.